The number of anilines is 1. The molecule has 0 aliphatic rings. The van der Waals surface area contributed by atoms with E-state index >= 15 is 0 Å². The molecule has 0 heterocycles. The number of nitrogens with zero attached hydrogens (tertiary/aromatic N) is 1. The van der Waals surface area contributed by atoms with E-state index in [0.29, 0.717) is 11.5 Å². The first kappa shape index (κ1) is 15.8. The van der Waals surface area contributed by atoms with Crippen LogP contribution in [0.25, 0.3) is 0 Å². The summed E-state index contributed by atoms with van der Waals surface area (Å²) in [5.41, 5.74) is 6.22. The molecule has 5 heteroatoms. The highest BCUT2D eigenvalue weighted by Crippen LogP contribution is 2.32. The summed E-state index contributed by atoms with van der Waals surface area (Å²) in [6.07, 6.45) is -3.33. The van der Waals surface area contributed by atoms with E-state index < -0.39 is 11.7 Å². The average Bonchev–Trinajstić information content (AvgIpc) is 2.33. The first-order valence-electron chi connectivity index (χ1n) is 6.37. The minimum absolute atomic E-state index is 0.102. The molecule has 0 fully saturated rings. The molecule has 0 spiro atoms. The van der Waals surface area contributed by atoms with E-state index in [9.17, 15) is 13.2 Å². The summed E-state index contributed by atoms with van der Waals surface area (Å²) in [4.78, 5) is 1.96. The Kier molecular flexibility index (Phi) is 5.23. The van der Waals surface area contributed by atoms with Crippen LogP contribution >= 0.6 is 0 Å². The Hall–Kier alpha value is -1.23. The molecule has 2 N–H and O–H groups in total. The highest BCUT2D eigenvalue weighted by Gasteiger charge is 2.31. The molecule has 1 aromatic carbocycles. The lowest BCUT2D eigenvalue weighted by Crippen LogP contribution is -2.22. The Morgan fingerprint density at radius 3 is 2.37 bits per heavy atom. The lowest BCUT2D eigenvalue weighted by molar-refractivity contribution is -0.137. The molecule has 1 rings (SSSR count). The van der Waals surface area contributed by atoms with E-state index in [1.165, 1.54) is 6.07 Å². The standard InChI is InChI=1S/C14H21F3N2/c1-10(2)6-7-19(3)13-5-4-12(14(15,16)17)8-11(13)9-18/h4-5,8,10H,6-7,9,18H2,1-3H3. The highest BCUT2D eigenvalue weighted by atomic mass is 19.4. The van der Waals surface area contributed by atoms with Gasteiger partial charge in [0.1, 0.15) is 0 Å². The zero-order chi connectivity index (χ0) is 14.6. The molecule has 0 aromatic heterocycles. The van der Waals surface area contributed by atoms with Crippen LogP contribution in [0.5, 0.6) is 0 Å². The number of nitrogens with two attached hydrogens (primary N) is 1. The third-order valence-electron chi connectivity index (χ3n) is 3.08. The number of halogens is 3. The minimum Gasteiger partial charge on any atom is -0.374 e. The van der Waals surface area contributed by atoms with Gasteiger partial charge in [-0.2, -0.15) is 13.2 Å². The van der Waals surface area contributed by atoms with Gasteiger partial charge in [0.15, 0.2) is 0 Å². The average molecular weight is 274 g/mol. The van der Waals surface area contributed by atoms with Crippen molar-refractivity contribution in [3.63, 3.8) is 0 Å². The van der Waals surface area contributed by atoms with Crippen LogP contribution < -0.4 is 10.6 Å². The van der Waals surface area contributed by atoms with Crippen molar-refractivity contribution in [3.8, 4) is 0 Å². The monoisotopic (exact) mass is 274 g/mol. The zero-order valence-corrected chi connectivity index (χ0v) is 11.6. The van der Waals surface area contributed by atoms with Crippen molar-refractivity contribution >= 4 is 5.69 Å². The Balaban J connectivity index is 2.96. The van der Waals surface area contributed by atoms with E-state index in [0.717, 1.165) is 30.8 Å². The molecule has 0 unspecified atom stereocenters. The fourth-order valence-electron chi connectivity index (χ4n) is 1.87. The maximum Gasteiger partial charge on any atom is 0.416 e. The lowest BCUT2D eigenvalue weighted by Gasteiger charge is -2.24. The van der Waals surface area contributed by atoms with Gasteiger partial charge in [-0.05, 0) is 36.1 Å². The fraction of sp³-hybridized carbons (Fsp3) is 0.571. The molecular weight excluding hydrogens is 253 g/mol. The molecule has 0 saturated heterocycles. The van der Waals surface area contributed by atoms with Crippen LogP contribution in [0.3, 0.4) is 0 Å². The van der Waals surface area contributed by atoms with Gasteiger partial charge in [0.2, 0.25) is 0 Å². The maximum atomic E-state index is 12.6. The van der Waals surface area contributed by atoms with Gasteiger partial charge >= 0.3 is 6.18 Å². The summed E-state index contributed by atoms with van der Waals surface area (Å²) in [7, 11) is 1.88. The highest BCUT2D eigenvalue weighted by molar-refractivity contribution is 5.55. The molecule has 0 atom stereocenters. The predicted molar refractivity (Wildman–Crippen MR) is 72.1 cm³/mol. The van der Waals surface area contributed by atoms with Crippen LogP contribution in [0.2, 0.25) is 0 Å². The van der Waals surface area contributed by atoms with Crippen molar-refractivity contribution in [2.45, 2.75) is 33.0 Å². The third kappa shape index (κ3) is 4.42. The van der Waals surface area contributed by atoms with Gasteiger partial charge in [-0.15, -0.1) is 0 Å². The van der Waals surface area contributed by atoms with E-state index in [1.807, 2.05) is 11.9 Å². The van der Waals surface area contributed by atoms with Crippen LogP contribution in [-0.2, 0) is 12.7 Å². The summed E-state index contributed by atoms with van der Waals surface area (Å²) < 4.78 is 37.9. The van der Waals surface area contributed by atoms with Gasteiger partial charge in [0.05, 0.1) is 5.56 Å². The second-order valence-corrected chi connectivity index (χ2v) is 5.15. The number of benzene rings is 1. The molecular formula is C14H21F3N2. The van der Waals surface area contributed by atoms with Crippen LogP contribution in [0, 0.1) is 5.92 Å². The first-order chi connectivity index (χ1) is 8.75. The number of hydrogen-bond donors (Lipinski definition) is 1. The normalized spacial score (nSPS) is 12.0. The van der Waals surface area contributed by atoms with Crippen molar-refractivity contribution in [3.05, 3.63) is 29.3 Å². The van der Waals surface area contributed by atoms with Gasteiger partial charge < -0.3 is 10.6 Å². The van der Waals surface area contributed by atoms with Crippen LogP contribution in [-0.4, -0.2) is 13.6 Å². The second-order valence-electron chi connectivity index (χ2n) is 5.15. The molecule has 0 saturated carbocycles. The van der Waals surface area contributed by atoms with Gasteiger partial charge in [0.25, 0.3) is 0 Å². The first-order valence-corrected chi connectivity index (χ1v) is 6.37. The van der Waals surface area contributed by atoms with Crippen molar-refractivity contribution in [2.75, 3.05) is 18.5 Å². The van der Waals surface area contributed by atoms with Crippen molar-refractivity contribution in [2.24, 2.45) is 11.7 Å². The van der Waals surface area contributed by atoms with Crippen molar-refractivity contribution < 1.29 is 13.2 Å². The second kappa shape index (κ2) is 6.28. The topological polar surface area (TPSA) is 29.3 Å². The lowest BCUT2D eigenvalue weighted by atomic mass is 10.1. The Labute approximate surface area is 112 Å². The molecule has 108 valence electrons. The van der Waals surface area contributed by atoms with Gasteiger partial charge in [-0.1, -0.05) is 13.8 Å². The summed E-state index contributed by atoms with van der Waals surface area (Å²) in [5.74, 6) is 0.554. The third-order valence-corrected chi connectivity index (χ3v) is 3.08. The molecule has 0 radical (unpaired) electrons. The van der Waals surface area contributed by atoms with Gasteiger partial charge in [-0.3, -0.25) is 0 Å². The largest absolute Gasteiger partial charge is 0.416 e. The van der Waals surface area contributed by atoms with Crippen molar-refractivity contribution in [1.82, 2.24) is 0 Å². The number of alkyl halides is 3. The van der Waals surface area contributed by atoms with E-state index in [1.54, 1.807) is 0 Å². The van der Waals surface area contributed by atoms with Crippen LogP contribution in [0.4, 0.5) is 18.9 Å². The Morgan fingerprint density at radius 1 is 1.26 bits per heavy atom. The quantitative estimate of drug-likeness (QED) is 0.888. The molecule has 19 heavy (non-hydrogen) atoms. The zero-order valence-electron chi connectivity index (χ0n) is 11.6. The van der Waals surface area contributed by atoms with E-state index in [2.05, 4.69) is 13.8 Å². The molecule has 0 amide bonds. The smallest absolute Gasteiger partial charge is 0.374 e. The maximum absolute atomic E-state index is 12.6. The minimum atomic E-state index is -4.32. The molecule has 0 bridgehead atoms. The Morgan fingerprint density at radius 2 is 1.89 bits per heavy atom. The fourth-order valence-corrected chi connectivity index (χ4v) is 1.87. The predicted octanol–water partition coefficient (Wildman–Crippen LogP) is 3.65. The van der Waals surface area contributed by atoms with E-state index in [4.69, 9.17) is 5.73 Å². The Bertz CT molecular complexity index is 414. The van der Waals surface area contributed by atoms with Gasteiger partial charge in [-0.25, -0.2) is 0 Å². The SMILES string of the molecule is CC(C)CCN(C)c1ccc(C(F)(F)F)cc1CN. The number of rotatable bonds is 5. The van der Waals surface area contributed by atoms with Crippen LogP contribution in [0.15, 0.2) is 18.2 Å². The molecule has 0 aliphatic heterocycles. The number of hydrogen-bond acceptors (Lipinski definition) is 2. The summed E-state index contributed by atoms with van der Waals surface area (Å²) >= 11 is 0. The van der Waals surface area contributed by atoms with E-state index in [-0.39, 0.29) is 6.54 Å². The van der Waals surface area contributed by atoms with Crippen molar-refractivity contribution in [1.29, 1.82) is 0 Å². The van der Waals surface area contributed by atoms with Gasteiger partial charge in [0, 0.05) is 25.8 Å². The molecule has 2 nitrogen and oxygen atoms in total. The molecule has 1 aromatic rings. The molecule has 0 aliphatic carbocycles. The summed E-state index contributed by atoms with van der Waals surface area (Å²) in [6, 6.07) is 3.76. The van der Waals surface area contributed by atoms with Crippen LogP contribution in [0.1, 0.15) is 31.4 Å². The summed E-state index contributed by atoms with van der Waals surface area (Å²) in [6.45, 7) is 5.14. The summed E-state index contributed by atoms with van der Waals surface area (Å²) in [5, 5.41) is 0.